The van der Waals surface area contributed by atoms with Crippen molar-refractivity contribution in [2.45, 2.75) is 27.7 Å². The SMILES string of the molecule is Cc1cnc(-c2[c-]cc3ccn4ccnc4c3c2)cc1C.Cc1cnc(-c2[c-]cccc2)cc1C.[Ir]. The zero-order valence-electron chi connectivity index (χ0n) is 20.7. The van der Waals surface area contributed by atoms with Crippen molar-refractivity contribution in [1.29, 1.82) is 0 Å². The first-order valence-corrected chi connectivity index (χ1v) is 11.6. The van der Waals surface area contributed by atoms with Gasteiger partial charge < -0.3 is 14.4 Å². The molecule has 4 heterocycles. The number of pyridine rings is 3. The summed E-state index contributed by atoms with van der Waals surface area (Å²) in [5, 5.41) is 2.26. The summed E-state index contributed by atoms with van der Waals surface area (Å²) >= 11 is 0. The van der Waals surface area contributed by atoms with Gasteiger partial charge in [-0.05, 0) is 50.2 Å². The fourth-order valence-corrected chi connectivity index (χ4v) is 3.88. The van der Waals surface area contributed by atoms with Crippen molar-refractivity contribution in [3.63, 3.8) is 0 Å². The van der Waals surface area contributed by atoms with Crippen LogP contribution in [0.15, 0.2) is 85.6 Å². The second kappa shape index (κ2) is 10.9. The maximum atomic E-state index is 4.53. The van der Waals surface area contributed by atoms with E-state index in [-0.39, 0.29) is 20.1 Å². The van der Waals surface area contributed by atoms with Crippen LogP contribution in [-0.4, -0.2) is 19.4 Å². The van der Waals surface area contributed by atoms with Crippen LogP contribution >= 0.6 is 0 Å². The van der Waals surface area contributed by atoms with E-state index in [2.05, 4.69) is 79.0 Å². The average Bonchev–Trinajstić information content (AvgIpc) is 3.38. The van der Waals surface area contributed by atoms with E-state index < -0.39 is 0 Å². The minimum absolute atomic E-state index is 0. The Kier molecular flexibility index (Phi) is 7.73. The Bertz CT molecular complexity index is 1640. The van der Waals surface area contributed by atoms with Crippen LogP contribution in [0.4, 0.5) is 0 Å². The summed E-state index contributed by atoms with van der Waals surface area (Å²) in [4.78, 5) is 13.3. The van der Waals surface area contributed by atoms with E-state index in [0.717, 1.165) is 38.9 Å². The molecular formula is C31H26IrN4-2. The topological polar surface area (TPSA) is 43.1 Å². The van der Waals surface area contributed by atoms with Gasteiger partial charge in [0.2, 0.25) is 0 Å². The van der Waals surface area contributed by atoms with Gasteiger partial charge >= 0.3 is 0 Å². The molecule has 0 saturated heterocycles. The van der Waals surface area contributed by atoms with Gasteiger partial charge in [-0.15, -0.1) is 59.7 Å². The maximum absolute atomic E-state index is 4.53. The monoisotopic (exact) mass is 647 g/mol. The molecule has 0 spiro atoms. The summed E-state index contributed by atoms with van der Waals surface area (Å²) in [5.41, 5.74) is 9.91. The molecule has 4 nitrogen and oxygen atoms in total. The van der Waals surface area contributed by atoms with Crippen molar-refractivity contribution in [2.75, 3.05) is 0 Å². The Morgan fingerprint density at radius 3 is 2.03 bits per heavy atom. The second-order valence-corrected chi connectivity index (χ2v) is 8.77. The summed E-state index contributed by atoms with van der Waals surface area (Å²) in [6.45, 7) is 8.35. The fraction of sp³-hybridized carbons (Fsp3) is 0.129. The van der Waals surface area contributed by atoms with Crippen LogP contribution in [0.25, 0.3) is 38.9 Å². The molecule has 0 N–H and O–H groups in total. The third-order valence-electron chi connectivity index (χ3n) is 6.31. The van der Waals surface area contributed by atoms with Crippen LogP contribution in [-0.2, 0) is 20.1 Å². The molecule has 4 aromatic heterocycles. The number of hydrogen-bond donors (Lipinski definition) is 0. The first kappa shape index (κ1) is 25.4. The predicted molar refractivity (Wildman–Crippen MR) is 142 cm³/mol. The summed E-state index contributed by atoms with van der Waals surface area (Å²) in [5.74, 6) is 0. The van der Waals surface area contributed by atoms with Crippen molar-refractivity contribution >= 4 is 16.4 Å². The van der Waals surface area contributed by atoms with Crippen molar-refractivity contribution in [1.82, 2.24) is 19.4 Å². The van der Waals surface area contributed by atoms with Gasteiger partial charge in [0.1, 0.15) is 5.65 Å². The van der Waals surface area contributed by atoms with Crippen molar-refractivity contribution < 1.29 is 20.1 Å². The third kappa shape index (κ3) is 5.28. The van der Waals surface area contributed by atoms with E-state index in [1.165, 1.54) is 22.3 Å². The number of aryl methyl sites for hydroxylation is 4. The molecule has 181 valence electrons. The minimum atomic E-state index is 0. The molecule has 1 radical (unpaired) electrons. The molecule has 0 aliphatic rings. The van der Waals surface area contributed by atoms with Gasteiger partial charge in [0.05, 0.1) is 0 Å². The van der Waals surface area contributed by atoms with Gasteiger partial charge in [0.15, 0.2) is 0 Å². The summed E-state index contributed by atoms with van der Waals surface area (Å²) in [7, 11) is 0. The van der Waals surface area contributed by atoms with Gasteiger partial charge in [-0.25, -0.2) is 4.98 Å². The molecule has 0 unspecified atom stereocenters. The first-order chi connectivity index (χ1) is 17.0. The van der Waals surface area contributed by atoms with Crippen molar-refractivity contribution in [3.05, 3.63) is 120 Å². The molecule has 0 aliphatic carbocycles. The summed E-state index contributed by atoms with van der Waals surface area (Å²) < 4.78 is 2.03. The number of fused-ring (bicyclic) bond motifs is 3. The van der Waals surface area contributed by atoms with Crippen molar-refractivity contribution in [3.8, 4) is 22.5 Å². The first-order valence-electron chi connectivity index (χ1n) is 11.6. The molecule has 0 atom stereocenters. The molecule has 0 aliphatic heterocycles. The molecule has 2 aromatic carbocycles. The fourth-order valence-electron chi connectivity index (χ4n) is 3.88. The van der Waals surface area contributed by atoms with Crippen molar-refractivity contribution in [2.24, 2.45) is 0 Å². The number of imidazole rings is 1. The number of benzene rings is 2. The Morgan fingerprint density at radius 1 is 0.694 bits per heavy atom. The van der Waals surface area contributed by atoms with Gasteiger partial charge in [-0.2, -0.15) is 0 Å². The molecule has 0 bridgehead atoms. The number of hydrogen-bond acceptors (Lipinski definition) is 3. The van der Waals surface area contributed by atoms with Gasteiger partial charge in [0, 0.05) is 51.1 Å². The maximum Gasteiger partial charge on any atom is 0.125 e. The van der Waals surface area contributed by atoms with E-state index in [4.69, 9.17) is 0 Å². The average molecular weight is 647 g/mol. The van der Waals surface area contributed by atoms with Crippen LogP contribution in [0, 0.1) is 39.8 Å². The quantitative estimate of drug-likeness (QED) is 0.188. The van der Waals surface area contributed by atoms with Crippen LogP contribution < -0.4 is 0 Å². The Hall–Kier alpha value is -3.66. The van der Waals surface area contributed by atoms with Crippen LogP contribution in [0.3, 0.4) is 0 Å². The summed E-state index contributed by atoms with van der Waals surface area (Å²) in [6, 6.07) is 24.8. The largest absolute Gasteiger partial charge is 0.309 e. The Balaban J connectivity index is 0.000000178. The molecule has 6 rings (SSSR count). The standard InChI is InChI=1S/C18H14N3.C13H12N.Ir/c1-12-9-17(20-11-13(12)2)15-4-3-14-5-7-21-8-6-19-18(21)16(14)10-15;1-10-8-13(14-9-11(10)2)12-6-4-3-5-7-12;/h3,5-11H,1-2H3;3-6,8-9H,1-2H3;/q2*-1;. The molecule has 6 aromatic rings. The second-order valence-electron chi connectivity index (χ2n) is 8.77. The predicted octanol–water partition coefficient (Wildman–Crippen LogP) is 7.13. The molecule has 0 fully saturated rings. The van der Waals surface area contributed by atoms with E-state index >= 15 is 0 Å². The summed E-state index contributed by atoms with van der Waals surface area (Å²) in [6.07, 6.45) is 9.62. The normalized spacial score (nSPS) is 10.6. The van der Waals surface area contributed by atoms with Crippen LogP contribution in [0.5, 0.6) is 0 Å². The Labute approximate surface area is 225 Å². The van der Waals surface area contributed by atoms with Crippen LogP contribution in [0.1, 0.15) is 22.3 Å². The molecule has 36 heavy (non-hydrogen) atoms. The van der Waals surface area contributed by atoms with E-state index in [1.807, 2.05) is 65.7 Å². The number of rotatable bonds is 2. The van der Waals surface area contributed by atoms with Gasteiger partial charge in [0.25, 0.3) is 0 Å². The van der Waals surface area contributed by atoms with Crippen LogP contribution in [0.2, 0.25) is 0 Å². The van der Waals surface area contributed by atoms with Gasteiger partial charge in [-0.3, -0.25) is 0 Å². The Morgan fingerprint density at radius 2 is 1.39 bits per heavy atom. The zero-order valence-corrected chi connectivity index (χ0v) is 23.1. The number of aromatic nitrogens is 4. The van der Waals surface area contributed by atoms with E-state index in [9.17, 15) is 0 Å². The van der Waals surface area contributed by atoms with Gasteiger partial charge in [-0.1, -0.05) is 40.1 Å². The minimum Gasteiger partial charge on any atom is -0.309 e. The number of nitrogens with zero attached hydrogens (tertiary/aromatic N) is 4. The molecule has 0 saturated carbocycles. The third-order valence-corrected chi connectivity index (χ3v) is 6.31. The molecular weight excluding hydrogens is 621 g/mol. The van der Waals surface area contributed by atoms with E-state index in [1.54, 1.807) is 0 Å². The molecule has 5 heteroatoms. The van der Waals surface area contributed by atoms with E-state index in [0.29, 0.717) is 0 Å². The zero-order chi connectivity index (χ0) is 24.4. The smallest absolute Gasteiger partial charge is 0.125 e. The molecule has 0 amide bonds.